The van der Waals surface area contributed by atoms with E-state index >= 15 is 0 Å². The van der Waals surface area contributed by atoms with Crippen LogP contribution in [0.25, 0.3) is 0 Å². The van der Waals surface area contributed by atoms with Gasteiger partial charge in [-0.25, -0.2) is 8.78 Å². The van der Waals surface area contributed by atoms with Gasteiger partial charge in [0.25, 0.3) is 0 Å². The van der Waals surface area contributed by atoms with Crippen LogP contribution in [0.15, 0.2) is 85.0 Å². The summed E-state index contributed by atoms with van der Waals surface area (Å²) in [5.41, 5.74) is 1.15. The molecule has 0 heterocycles. The first kappa shape index (κ1) is 22.1. The largest absolute Gasteiger partial charge is 0.505 e. The lowest BCUT2D eigenvalue weighted by Gasteiger charge is -2.07. The Morgan fingerprint density at radius 3 is 2.41 bits per heavy atom. The molecule has 1 aromatic rings. The number of phenols is 1. The van der Waals surface area contributed by atoms with E-state index in [2.05, 4.69) is 26.3 Å². The topological polar surface area (TPSA) is 29.5 Å². The first-order valence-corrected chi connectivity index (χ1v) is 8.26. The summed E-state index contributed by atoms with van der Waals surface area (Å²) in [5, 5.41) is 9.12. The van der Waals surface area contributed by atoms with Gasteiger partial charge in [-0.3, -0.25) is 0 Å². The van der Waals surface area contributed by atoms with Crippen molar-refractivity contribution in [2.45, 2.75) is 19.8 Å². The minimum absolute atomic E-state index is 0.0755. The molecule has 2 nitrogen and oxygen atoms in total. The number of benzene rings is 1. The fourth-order valence-corrected chi connectivity index (χ4v) is 2.08. The second-order valence-electron chi connectivity index (χ2n) is 5.76. The van der Waals surface area contributed by atoms with Crippen molar-refractivity contribution in [3.8, 4) is 5.75 Å². The molecule has 0 saturated carbocycles. The maximum Gasteiger partial charge on any atom is 0.200 e. The van der Waals surface area contributed by atoms with Gasteiger partial charge in [-0.2, -0.15) is 4.39 Å². The lowest BCUT2D eigenvalue weighted by Crippen LogP contribution is -1.95. The van der Waals surface area contributed by atoms with Gasteiger partial charge in [0.05, 0.1) is 6.61 Å². The maximum atomic E-state index is 14.0. The van der Waals surface area contributed by atoms with Gasteiger partial charge in [0.2, 0.25) is 5.82 Å². The van der Waals surface area contributed by atoms with E-state index in [-0.39, 0.29) is 23.3 Å². The molecular weight excluding hydrogens is 353 g/mol. The molecule has 0 aliphatic heterocycles. The van der Waals surface area contributed by atoms with E-state index in [0.29, 0.717) is 24.2 Å². The van der Waals surface area contributed by atoms with Gasteiger partial charge in [-0.1, -0.05) is 50.1 Å². The Hall–Kier alpha value is -2.95. The van der Waals surface area contributed by atoms with Crippen molar-refractivity contribution in [2.24, 2.45) is 0 Å². The number of ether oxygens (including phenoxy) is 1. The molecule has 1 N–H and O–H groups in total. The minimum Gasteiger partial charge on any atom is -0.505 e. The number of rotatable bonds is 10. The molecule has 0 amide bonds. The Bertz CT molecular complexity index is 817. The first-order chi connectivity index (χ1) is 12.7. The molecule has 0 atom stereocenters. The van der Waals surface area contributed by atoms with Gasteiger partial charge in [0, 0.05) is 11.6 Å². The molecule has 0 bridgehead atoms. The minimum atomic E-state index is -1.27. The molecule has 0 aliphatic carbocycles. The number of aryl methyl sites for hydroxylation is 1. The Kier molecular flexibility index (Phi) is 8.39. The quantitative estimate of drug-likeness (QED) is 0.387. The van der Waals surface area contributed by atoms with Crippen LogP contribution in [0.2, 0.25) is 0 Å². The molecule has 0 aliphatic rings. The molecule has 0 aromatic heterocycles. The lowest BCUT2D eigenvalue weighted by atomic mass is 10.0. The molecular formula is C22H23F3O2. The van der Waals surface area contributed by atoms with E-state index in [1.807, 2.05) is 0 Å². The van der Waals surface area contributed by atoms with Crippen LogP contribution >= 0.6 is 0 Å². The van der Waals surface area contributed by atoms with Crippen molar-refractivity contribution in [2.75, 3.05) is 6.61 Å². The fourth-order valence-electron chi connectivity index (χ4n) is 2.08. The summed E-state index contributed by atoms with van der Waals surface area (Å²) in [6.45, 7) is 16.9. The highest BCUT2D eigenvalue weighted by Crippen LogP contribution is 2.24. The summed E-state index contributed by atoms with van der Waals surface area (Å²) in [6.07, 6.45) is 4.81. The predicted octanol–water partition coefficient (Wildman–Crippen LogP) is 6.23. The predicted molar refractivity (Wildman–Crippen MR) is 103 cm³/mol. The summed E-state index contributed by atoms with van der Waals surface area (Å²) in [6, 6.07) is 2.42. The third-order valence-corrected chi connectivity index (χ3v) is 3.67. The zero-order valence-electron chi connectivity index (χ0n) is 15.3. The number of phenolic OH excluding ortho intramolecular Hbond substituents is 1. The van der Waals surface area contributed by atoms with Crippen LogP contribution in [-0.2, 0) is 11.2 Å². The molecule has 27 heavy (non-hydrogen) atoms. The molecule has 0 radical (unpaired) electrons. The fraction of sp³-hybridized carbons (Fsp3) is 0.182. The molecule has 1 rings (SSSR count). The van der Waals surface area contributed by atoms with Crippen molar-refractivity contribution in [1.29, 1.82) is 0 Å². The molecule has 144 valence electrons. The third-order valence-electron chi connectivity index (χ3n) is 3.67. The summed E-state index contributed by atoms with van der Waals surface area (Å²) in [4.78, 5) is 0. The molecule has 5 heteroatoms. The van der Waals surface area contributed by atoms with Gasteiger partial charge in [0.15, 0.2) is 11.6 Å². The maximum absolute atomic E-state index is 14.0. The van der Waals surface area contributed by atoms with Gasteiger partial charge in [0.1, 0.15) is 11.6 Å². The number of hydrogen-bond donors (Lipinski definition) is 1. The Morgan fingerprint density at radius 1 is 1.11 bits per heavy atom. The summed E-state index contributed by atoms with van der Waals surface area (Å²) in [7, 11) is 0. The van der Waals surface area contributed by atoms with E-state index in [1.165, 1.54) is 12.1 Å². The average molecular weight is 376 g/mol. The summed E-state index contributed by atoms with van der Waals surface area (Å²) >= 11 is 0. The lowest BCUT2D eigenvalue weighted by molar-refractivity contribution is 0.243. The second-order valence-corrected chi connectivity index (χ2v) is 5.76. The number of hydrogen-bond acceptors (Lipinski definition) is 2. The van der Waals surface area contributed by atoms with Crippen LogP contribution in [0.5, 0.6) is 5.75 Å². The van der Waals surface area contributed by atoms with Crippen LogP contribution < -0.4 is 0 Å². The average Bonchev–Trinajstić information content (AvgIpc) is 2.63. The van der Waals surface area contributed by atoms with Crippen LogP contribution in [0.4, 0.5) is 13.2 Å². The van der Waals surface area contributed by atoms with Crippen molar-refractivity contribution in [3.63, 3.8) is 0 Å². The third kappa shape index (κ3) is 6.70. The van der Waals surface area contributed by atoms with E-state index in [4.69, 9.17) is 9.84 Å². The Balaban J connectivity index is 2.65. The smallest absolute Gasteiger partial charge is 0.200 e. The van der Waals surface area contributed by atoms with Gasteiger partial charge in [-0.05, 0) is 37.0 Å². The monoisotopic (exact) mass is 376 g/mol. The highest BCUT2D eigenvalue weighted by atomic mass is 19.2. The molecule has 1 aromatic carbocycles. The van der Waals surface area contributed by atoms with Crippen LogP contribution in [0.1, 0.15) is 18.9 Å². The van der Waals surface area contributed by atoms with Crippen molar-refractivity contribution >= 4 is 0 Å². The van der Waals surface area contributed by atoms with Gasteiger partial charge in [-0.15, -0.1) is 0 Å². The molecule has 0 unspecified atom stereocenters. The summed E-state index contributed by atoms with van der Waals surface area (Å²) < 4.78 is 46.1. The Labute approximate surface area is 158 Å². The highest BCUT2D eigenvalue weighted by molar-refractivity contribution is 5.48. The van der Waals surface area contributed by atoms with Gasteiger partial charge < -0.3 is 9.84 Å². The number of allylic oxidation sites excluding steroid dienone is 7. The SMILES string of the molecule is C=C(/C=C\C(=C)C(=C)/C(F)=C\C(=C)OCC)CCc1ccc(O)c(F)c1F. The standard InChI is InChI=1S/C22H23F3O2/c1-6-27-16(4)13-19(23)17(5)15(3)9-7-14(2)8-10-18-11-12-20(26)22(25)21(18)24/h7,9,11-13,26H,2-6,8,10H2,1H3/b9-7-,19-13+. The van der Waals surface area contributed by atoms with Crippen LogP contribution in [-0.4, -0.2) is 11.7 Å². The zero-order chi connectivity index (χ0) is 20.6. The normalized spacial score (nSPS) is 11.5. The van der Waals surface area contributed by atoms with Crippen molar-refractivity contribution < 1.29 is 23.0 Å². The van der Waals surface area contributed by atoms with Crippen LogP contribution in [0, 0.1) is 11.6 Å². The molecule has 0 saturated heterocycles. The molecule has 0 fully saturated rings. The molecule has 0 spiro atoms. The first-order valence-electron chi connectivity index (χ1n) is 8.26. The van der Waals surface area contributed by atoms with Gasteiger partial charge >= 0.3 is 0 Å². The van der Waals surface area contributed by atoms with Crippen LogP contribution in [0.3, 0.4) is 0 Å². The zero-order valence-corrected chi connectivity index (χ0v) is 15.3. The number of halogens is 3. The van der Waals surface area contributed by atoms with Crippen molar-refractivity contribution in [3.05, 3.63) is 102 Å². The van der Waals surface area contributed by atoms with E-state index in [1.54, 1.807) is 13.0 Å². The Morgan fingerprint density at radius 2 is 1.78 bits per heavy atom. The number of aromatic hydroxyl groups is 1. The van der Waals surface area contributed by atoms with E-state index in [0.717, 1.165) is 12.1 Å². The highest BCUT2D eigenvalue weighted by Gasteiger charge is 2.12. The second kappa shape index (κ2) is 10.3. The summed E-state index contributed by atoms with van der Waals surface area (Å²) in [5.74, 6) is -3.51. The van der Waals surface area contributed by atoms with Crippen molar-refractivity contribution in [1.82, 2.24) is 0 Å². The van der Waals surface area contributed by atoms with E-state index in [9.17, 15) is 13.2 Å². The van der Waals surface area contributed by atoms with E-state index < -0.39 is 23.2 Å².